The topological polar surface area (TPSA) is 36.4 Å². The van der Waals surface area contributed by atoms with Gasteiger partial charge in [0.05, 0.1) is 11.6 Å². The van der Waals surface area contributed by atoms with E-state index in [1.165, 1.54) is 16.8 Å². The molecule has 0 saturated carbocycles. The van der Waals surface area contributed by atoms with Crippen molar-refractivity contribution in [2.24, 2.45) is 22.7 Å². The second-order valence-electron chi connectivity index (χ2n) is 9.77. The van der Waals surface area contributed by atoms with Gasteiger partial charge in [0.25, 0.3) is 0 Å². The van der Waals surface area contributed by atoms with Crippen molar-refractivity contribution in [3.05, 3.63) is 60.0 Å². The number of nitrogens with zero attached hydrogens (tertiary/aromatic N) is 1. The van der Waals surface area contributed by atoms with Gasteiger partial charge in [0, 0.05) is 23.9 Å². The largest absolute Gasteiger partial charge is 0.385 e. The molecular formula is C34H59N3. The standard InChI is InChI=1S/C18H30N2.C12H17N.2C2H6/c1-8-16-10-13(5)17(18(16)19-9-2)14(6)15(7)20-11-12(3)4;1-5-10-8-9-12(4,7-3)13-11(10)6-2;2*1-2/h9-10,12-13,17-18,20H,6-8,11H2,1-5H3;3,5,13H,1,6,8-9H2,2,4H3;2*1-2H3. The maximum Gasteiger partial charge on any atom is 0.0956 e. The summed E-state index contributed by atoms with van der Waals surface area (Å²) in [4.78, 5) is 4.68. The molecule has 0 aromatic heterocycles. The Morgan fingerprint density at radius 1 is 1.24 bits per heavy atom. The summed E-state index contributed by atoms with van der Waals surface area (Å²) in [5.41, 5.74) is 5.92. The molecule has 2 rings (SSSR count). The van der Waals surface area contributed by atoms with Crippen LogP contribution in [0.2, 0.25) is 0 Å². The molecule has 0 bridgehead atoms. The third-order valence-electron chi connectivity index (χ3n) is 6.62. The fourth-order valence-electron chi connectivity index (χ4n) is 4.54. The molecule has 0 fully saturated rings. The third kappa shape index (κ3) is 11.6. The van der Waals surface area contributed by atoms with Gasteiger partial charge in [0.1, 0.15) is 0 Å². The molecule has 0 aromatic rings. The summed E-state index contributed by atoms with van der Waals surface area (Å²) in [6.07, 6.45) is 15.8. The number of nitrogens with one attached hydrogen (secondary N) is 2. The first-order valence-corrected chi connectivity index (χ1v) is 14.5. The molecule has 37 heavy (non-hydrogen) atoms. The van der Waals surface area contributed by atoms with Crippen LogP contribution in [0.1, 0.15) is 102 Å². The summed E-state index contributed by atoms with van der Waals surface area (Å²) in [6.45, 7) is 36.3. The highest BCUT2D eigenvalue weighted by Gasteiger charge is 2.36. The first-order chi connectivity index (χ1) is 17.6. The molecule has 2 aliphatic rings. The molecule has 1 aliphatic carbocycles. The first-order valence-electron chi connectivity index (χ1n) is 14.5. The van der Waals surface area contributed by atoms with Crippen molar-refractivity contribution in [3.63, 3.8) is 0 Å². The zero-order valence-corrected chi connectivity index (χ0v) is 26.2. The highest BCUT2D eigenvalue weighted by Crippen LogP contribution is 2.40. The summed E-state index contributed by atoms with van der Waals surface area (Å²) in [5, 5.41) is 6.81. The maximum atomic E-state index is 5.48. The third-order valence-corrected chi connectivity index (χ3v) is 6.62. The van der Waals surface area contributed by atoms with Crippen molar-refractivity contribution in [1.82, 2.24) is 10.6 Å². The summed E-state index contributed by atoms with van der Waals surface area (Å²) < 4.78 is 0. The molecule has 3 heteroatoms. The molecule has 2 N–H and O–H groups in total. The van der Waals surface area contributed by atoms with E-state index in [0.29, 0.717) is 17.8 Å². The minimum atomic E-state index is -0.155. The fourth-order valence-corrected chi connectivity index (χ4v) is 4.54. The van der Waals surface area contributed by atoms with E-state index in [2.05, 4.69) is 88.9 Å². The van der Waals surface area contributed by atoms with E-state index >= 15 is 0 Å². The van der Waals surface area contributed by atoms with Crippen molar-refractivity contribution in [2.45, 2.75) is 113 Å². The van der Waals surface area contributed by atoms with E-state index < -0.39 is 0 Å². The molecule has 4 unspecified atom stereocenters. The average molecular weight is 510 g/mol. The molecule has 3 nitrogen and oxygen atoms in total. The highest BCUT2D eigenvalue weighted by atomic mass is 15.0. The lowest BCUT2D eigenvalue weighted by molar-refractivity contribution is 0.431. The maximum absolute atomic E-state index is 5.48. The highest BCUT2D eigenvalue weighted by molar-refractivity contribution is 5.55. The smallest absolute Gasteiger partial charge is 0.0956 e. The number of allylic oxidation sites excluding steroid dienone is 5. The van der Waals surface area contributed by atoms with Gasteiger partial charge in [-0.3, -0.25) is 4.99 Å². The minimum Gasteiger partial charge on any atom is -0.385 e. The molecular weight excluding hydrogens is 450 g/mol. The van der Waals surface area contributed by atoms with Crippen LogP contribution < -0.4 is 10.6 Å². The van der Waals surface area contributed by atoms with Gasteiger partial charge in [-0.2, -0.15) is 0 Å². The lowest BCUT2D eigenvalue weighted by Crippen LogP contribution is -2.43. The number of rotatable bonds is 9. The van der Waals surface area contributed by atoms with Crippen molar-refractivity contribution < 1.29 is 0 Å². The molecule has 0 amide bonds. The Kier molecular flexibility index (Phi) is 19.4. The van der Waals surface area contributed by atoms with E-state index in [1.807, 2.05) is 46.9 Å². The predicted molar refractivity (Wildman–Crippen MR) is 170 cm³/mol. The number of hydrogen-bond donors (Lipinski definition) is 2. The van der Waals surface area contributed by atoms with Crippen LogP contribution in [0.25, 0.3) is 0 Å². The van der Waals surface area contributed by atoms with Gasteiger partial charge in [-0.1, -0.05) is 100 Å². The van der Waals surface area contributed by atoms with Crippen molar-refractivity contribution >= 4 is 6.21 Å². The van der Waals surface area contributed by atoms with E-state index in [9.17, 15) is 0 Å². The van der Waals surface area contributed by atoms with Crippen molar-refractivity contribution in [3.8, 4) is 12.3 Å². The van der Waals surface area contributed by atoms with Crippen LogP contribution in [-0.2, 0) is 0 Å². The van der Waals surface area contributed by atoms with Gasteiger partial charge in [0.15, 0.2) is 0 Å². The molecule has 1 heterocycles. The van der Waals surface area contributed by atoms with Crippen LogP contribution in [0.4, 0.5) is 0 Å². The van der Waals surface area contributed by atoms with E-state index in [0.717, 1.165) is 43.5 Å². The lowest BCUT2D eigenvalue weighted by atomic mass is 9.84. The van der Waals surface area contributed by atoms with Crippen LogP contribution in [0.5, 0.6) is 0 Å². The Morgan fingerprint density at radius 2 is 1.84 bits per heavy atom. The molecule has 0 saturated heterocycles. The summed E-state index contributed by atoms with van der Waals surface area (Å²) in [7, 11) is 0. The second kappa shape index (κ2) is 19.6. The van der Waals surface area contributed by atoms with Crippen LogP contribution in [0.3, 0.4) is 0 Å². The van der Waals surface area contributed by atoms with Gasteiger partial charge >= 0.3 is 0 Å². The van der Waals surface area contributed by atoms with Crippen molar-refractivity contribution in [1.29, 1.82) is 0 Å². The Balaban J connectivity index is 0. The molecule has 0 aromatic carbocycles. The zero-order chi connectivity index (χ0) is 29.2. The molecule has 0 spiro atoms. The quantitative estimate of drug-likeness (QED) is 0.141. The Morgan fingerprint density at radius 3 is 2.27 bits per heavy atom. The number of aliphatic imine (C=N–C) groups is 1. The molecule has 210 valence electrons. The normalized spacial score (nSPS) is 24.2. The Bertz CT molecular complexity index is 834. The van der Waals surface area contributed by atoms with E-state index in [-0.39, 0.29) is 11.6 Å². The van der Waals surface area contributed by atoms with Crippen LogP contribution in [-0.4, -0.2) is 24.3 Å². The van der Waals surface area contributed by atoms with Crippen LogP contribution >= 0.6 is 0 Å². The van der Waals surface area contributed by atoms with Gasteiger partial charge in [-0.25, -0.2) is 0 Å². The fraction of sp³-hybridized carbons (Fsp3) is 0.618. The molecule has 0 radical (unpaired) electrons. The number of terminal acetylenes is 1. The summed E-state index contributed by atoms with van der Waals surface area (Å²) >= 11 is 0. The van der Waals surface area contributed by atoms with Crippen LogP contribution in [0.15, 0.2) is 65.0 Å². The van der Waals surface area contributed by atoms with Gasteiger partial charge in [-0.05, 0) is 74.3 Å². The molecule has 4 atom stereocenters. The predicted octanol–water partition coefficient (Wildman–Crippen LogP) is 9.03. The molecule has 1 aliphatic heterocycles. The first kappa shape index (κ1) is 36.7. The van der Waals surface area contributed by atoms with E-state index in [4.69, 9.17) is 6.42 Å². The summed E-state index contributed by atoms with van der Waals surface area (Å²) in [6, 6.07) is 0.241. The minimum absolute atomic E-state index is 0.155. The lowest BCUT2D eigenvalue weighted by Gasteiger charge is -2.33. The van der Waals surface area contributed by atoms with Gasteiger partial charge in [-0.15, -0.1) is 6.42 Å². The van der Waals surface area contributed by atoms with Gasteiger partial charge < -0.3 is 10.6 Å². The number of hydrogen-bond acceptors (Lipinski definition) is 3. The average Bonchev–Trinajstić information content (AvgIpc) is 3.24. The Hall–Kier alpha value is -2.47. The monoisotopic (exact) mass is 509 g/mol. The zero-order valence-electron chi connectivity index (χ0n) is 26.2. The van der Waals surface area contributed by atoms with Crippen molar-refractivity contribution in [2.75, 3.05) is 6.54 Å². The Labute approximate surface area is 231 Å². The summed E-state index contributed by atoms with van der Waals surface area (Å²) in [5.74, 6) is 4.23. The SMILES string of the molecule is C#CC1(C)CCC(C=C)=C(CC)N1.C=C(NCC(C)C)C(=C)C1C(C)C=C(CC)C1N=CC.CC.CC. The van der Waals surface area contributed by atoms with Gasteiger partial charge in [0.2, 0.25) is 0 Å². The second-order valence-corrected chi connectivity index (χ2v) is 9.77. The van der Waals surface area contributed by atoms with Crippen LogP contribution in [0, 0.1) is 30.1 Å². The van der Waals surface area contributed by atoms with E-state index in [1.54, 1.807) is 0 Å².